The van der Waals surface area contributed by atoms with E-state index in [4.69, 9.17) is 0 Å². The molecule has 0 saturated heterocycles. The number of aromatic nitrogens is 7. The number of nitrogens with one attached hydrogen (secondary N) is 1. The number of pyridine rings is 1. The number of fused-ring (bicyclic) bond motifs is 2. The Hall–Kier alpha value is -3.36. The lowest BCUT2D eigenvalue weighted by molar-refractivity contribution is 0.809. The number of hydrogen-bond acceptors (Lipinski definition) is 7. The van der Waals surface area contributed by atoms with E-state index in [1.807, 2.05) is 24.1 Å². The Labute approximate surface area is 129 Å². The molecular formula is C14H12N8O. The van der Waals surface area contributed by atoms with Gasteiger partial charge in [-0.2, -0.15) is 0 Å². The van der Waals surface area contributed by atoms with Gasteiger partial charge in [0.1, 0.15) is 11.3 Å². The minimum Gasteiger partial charge on any atom is -0.352 e. The summed E-state index contributed by atoms with van der Waals surface area (Å²) >= 11 is 0. The lowest BCUT2D eigenvalue weighted by atomic mass is 10.3. The van der Waals surface area contributed by atoms with Gasteiger partial charge in [0.15, 0.2) is 11.5 Å². The first-order valence-corrected chi connectivity index (χ1v) is 6.92. The molecular weight excluding hydrogens is 296 g/mol. The molecule has 0 radical (unpaired) electrons. The molecule has 9 heteroatoms. The third-order valence-corrected chi connectivity index (χ3v) is 3.49. The van der Waals surface area contributed by atoms with Gasteiger partial charge in [-0.3, -0.25) is 14.2 Å². The van der Waals surface area contributed by atoms with Crippen LogP contribution in [0.25, 0.3) is 16.8 Å². The zero-order valence-corrected chi connectivity index (χ0v) is 12.2. The van der Waals surface area contributed by atoms with Crippen LogP contribution >= 0.6 is 0 Å². The standard InChI is InChI=1S/C14H12N8O/c1-21(10-3-2-9-12(18-10)16-5-4-15-9)8-11-19-20-13-14(23)17-6-7-22(11)13/h2-7H,8H2,1H3,(H,17,23). The SMILES string of the molecule is CN(Cc1nnc2c(=O)[nH]ccn12)c1ccc2nccnc2n1. The van der Waals surface area contributed by atoms with Gasteiger partial charge in [-0.15, -0.1) is 10.2 Å². The van der Waals surface area contributed by atoms with Crippen molar-refractivity contribution in [3.8, 4) is 0 Å². The van der Waals surface area contributed by atoms with Gasteiger partial charge in [-0.25, -0.2) is 9.97 Å². The third kappa shape index (κ3) is 2.27. The van der Waals surface area contributed by atoms with Crippen molar-refractivity contribution in [1.82, 2.24) is 34.5 Å². The molecule has 0 spiro atoms. The van der Waals surface area contributed by atoms with Gasteiger partial charge in [-0.05, 0) is 12.1 Å². The Morgan fingerprint density at radius 3 is 3.00 bits per heavy atom. The molecule has 0 bridgehead atoms. The Bertz CT molecular complexity index is 1050. The van der Waals surface area contributed by atoms with Gasteiger partial charge in [0.2, 0.25) is 5.65 Å². The molecule has 4 rings (SSSR count). The molecule has 0 aliphatic rings. The van der Waals surface area contributed by atoms with E-state index >= 15 is 0 Å². The maximum atomic E-state index is 11.7. The van der Waals surface area contributed by atoms with Gasteiger partial charge >= 0.3 is 0 Å². The summed E-state index contributed by atoms with van der Waals surface area (Å²) in [6.45, 7) is 0.448. The van der Waals surface area contributed by atoms with Crippen molar-refractivity contribution in [2.75, 3.05) is 11.9 Å². The molecule has 0 atom stereocenters. The van der Waals surface area contributed by atoms with Crippen molar-refractivity contribution in [3.05, 3.63) is 53.1 Å². The van der Waals surface area contributed by atoms with Gasteiger partial charge < -0.3 is 9.88 Å². The van der Waals surface area contributed by atoms with Crippen LogP contribution in [0.1, 0.15) is 5.82 Å². The van der Waals surface area contributed by atoms with E-state index in [1.165, 1.54) is 0 Å². The molecule has 1 N–H and O–H groups in total. The highest BCUT2D eigenvalue weighted by Gasteiger charge is 2.12. The summed E-state index contributed by atoms with van der Waals surface area (Å²) < 4.78 is 1.66. The highest BCUT2D eigenvalue weighted by molar-refractivity contribution is 5.71. The van der Waals surface area contributed by atoms with Crippen molar-refractivity contribution >= 4 is 22.6 Å². The van der Waals surface area contributed by atoms with E-state index in [0.717, 1.165) is 11.3 Å². The molecule has 0 aromatic carbocycles. The van der Waals surface area contributed by atoms with Crippen LogP contribution in [0, 0.1) is 0 Å². The zero-order chi connectivity index (χ0) is 15.8. The van der Waals surface area contributed by atoms with Gasteiger partial charge in [0.25, 0.3) is 5.56 Å². The second-order valence-electron chi connectivity index (χ2n) is 5.02. The molecule has 0 aliphatic carbocycles. The maximum Gasteiger partial charge on any atom is 0.293 e. The quantitative estimate of drug-likeness (QED) is 0.583. The first kappa shape index (κ1) is 13.3. The highest BCUT2D eigenvalue weighted by atomic mass is 16.1. The lowest BCUT2D eigenvalue weighted by Gasteiger charge is -2.17. The summed E-state index contributed by atoms with van der Waals surface area (Å²) in [7, 11) is 1.89. The van der Waals surface area contributed by atoms with Crippen LogP contribution in [-0.4, -0.2) is 41.6 Å². The topological polar surface area (TPSA) is 105 Å². The van der Waals surface area contributed by atoms with Crippen molar-refractivity contribution in [3.63, 3.8) is 0 Å². The van der Waals surface area contributed by atoms with Crippen molar-refractivity contribution in [1.29, 1.82) is 0 Å². The normalized spacial score (nSPS) is 11.2. The van der Waals surface area contributed by atoms with Crippen molar-refractivity contribution < 1.29 is 0 Å². The second-order valence-corrected chi connectivity index (χ2v) is 5.02. The highest BCUT2D eigenvalue weighted by Crippen LogP contribution is 2.15. The largest absolute Gasteiger partial charge is 0.352 e. The summed E-state index contributed by atoms with van der Waals surface area (Å²) in [5, 5.41) is 7.99. The van der Waals surface area contributed by atoms with Crippen LogP contribution in [-0.2, 0) is 6.54 Å². The first-order valence-electron chi connectivity index (χ1n) is 6.92. The number of rotatable bonds is 3. The monoisotopic (exact) mass is 308 g/mol. The minimum absolute atomic E-state index is 0.270. The Kier molecular flexibility index (Phi) is 2.97. The summed E-state index contributed by atoms with van der Waals surface area (Å²) in [6, 6.07) is 3.74. The number of aromatic amines is 1. The Balaban J connectivity index is 1.69. The molecule has 23 heavy (non-hydrogen) atoms. The molecule has 4 aromatic rings. The lowest BCUT2D eigenvalue weighted by Crippen LogP contribution is -2.20. The Morgan fingerprint density at radius 2 is 2.09 bits per heavy atom. The molecule has 0 saturated carbocycles. The van der Waals surface area contributed by atoms with Crippen molar-refractivity contribution in [2.45, 2.75) is 6.54 Å². The molecule has 4 heterocycles. The second kappa shape index (κ2) is 5.13. The average molecular weight is 308 g/mol. The fourth-order valence-electron chi connectivity index (χ4n) is 2.35. The molecule has 0 fully saturated rings. The van der Waals surface area contributed by atoms with Crippen LogP contribution in [0.4, 0.5) is 5.82 Å². The predicted molar refractivity (Wildman–Crippen MR) is 83.0 cm³/mol. The number of hydrogen-bond donors (Lipinski definition) is 1. The fraction of sp³-hybridized carbons (Fsp3) is 0.143. The van der Waals surface area contributed by atoms with E-state index < -0.39 is 0 Å². The van der Waals surface area contributed by atoms with E-state index in [2.05, 4.69) is 30.1 Å². The van der Waals surface area contributed by atoms with Gasteiger partial charge in [-0.1, -0.05) is 0 Å². The zero-order valence-electron chi connectivity index (χ0n) is 12.2. The van der Waals surface area contributed by atoms with Crippen LogP contribution in [0.15, 0.2) is 41.7 Å². The molecule has 0 unspecified atom stereocenters. The average Bonchev–Trinajstić information content (AvgIpc) is 2.99. The number of nitrogens with zero attached hydrogens (tertiary/aromatic N) is 7. The predicted octanol–water partition coefficient (Wildman–Crippen LogP) is 0.392. The Morgan fingerprint density at radius 1 is 1.22 bits per heavy atom. The smallest absolute Gasteiger partial charge is 0.293 e. The molecule has 4 aromatic heterocycles. The number of anilines is 1. The maximum absolute atomic E-state index is 11.7. The van der Waals surface area contributed by atoms with Crippen LogP contribution in [0.5, 0.6) is 0 Å². The van der Waals surface area contributed by atoms with E-state index in [0.29, 0.717) is 18.0 Å². The molecule has 0 amide bonds. The summed E-state index contributed by atoms with van der Waals surface area (Å²) in [6.07, 6.45) is 6.52. The van der Waals surface area contributed by atoms with Crippen LogP contribution < -0.4 is 10.5 Å². The molecule has 114 valence electrons. The minimum atomic E-state index is -0.270. The van der Waals surface area contributed by atoms with E-state index in [1.54, 1.807) is 29.2 Å². The molecule has 9 nitrogen and oxygen atoms in total. The first-order chi connectivity index (χ1) is 11.2. The summed E-state index contributed by atoms with van der Waals surface area (Å²) in [5.74, 6) is 1.38. The van der Waals surface area contributed by atoms with Crippen LogP contribution in [0.2, 0.25) is 0 Å². The van der Waals surface area contributed by atoms with Crippen molar-refractivity contribution in [2.24, 2.45) is 0 Å². The van der Waals surface area contributed by atoms with E-state index in [9.17, 15) is 4.79 Å². The number of H-pyrrole nitrogens is 1. The summed E-state index contributed by atoms with van der Waals surface area (Å²) in [4.78, 5) is 29.0. The molecule has 0 aliphatic heterocycles. The van der Waals surface area contributed by atoms with Gasteiger partial charge in [0.05, 0.1) is 6.54 Å². The van der Waals surface area contributed by atoms with E-state index in [-0.39, 0.29) is 11.2 Å². The fourth-order valence-corrected chi connectivity index (χ4v) is 2.35. The van der Waals surface area contributed by atoms with Gasteiger partial charge in [0, 0.05) is 31.8 Å². The summed E-state index contributed by atoms with van der Waals surface area (Å²) in [5.41, 5.74) is 1.32. The third-order valence-electron chi connectivity index (χ3n) is 3.49. The van der Waals surface area contributed by atoms with Crippen LogP contribution in [0.3, 0.4) is 0 Å².